The minimum Gasteiger partial charge on any atom is -0.464 e. The zero-order valence-corrected chi connectivity index (χ0v) is 17.1. The Kier molecular flexibility index (Phi) is 6.99. The summed E-state index contributed by atoms with van der Waals surface area (Å²) in [5.41, 5.74) is 1.76. The molecule has 2 N–H and O–H groups in total. The van der Waals surface area contributed by atoms with Crippen molar-refractivity contribution in [1.29, 1.82) is 0 Å². The Morgan fingerprint density at radius 3 is 2.54 bits per heavy atom. The largest absolute Gasteiger partial charge is 0.464 e. The molecule has 1 aromatic carbocycles. The Hall–Kier alpha value is -2.12. The van der Waals surface area contributed by atoms with Crippen LogP contribution in [-0.4, -0.2) is 43.9 Å². The van der Waals surface area contributed by atoms with Gasteiger partial charge in [0, 0.05) is 17.2 Å². The Morgan fingerprint density at radius 2 is 1.92 bits per heavy atom. The number of benzene rings is 1. The smallest absolute Gasteiger partial charge is 0.279 e. The van der Waals surface area contributed by atoms with Crippen LogP contribution in [0.2, 0.25) is 0 Å². The maximum Gasteiger partial charge on any atom is 0.279 e. The highest BCUT2D eigenvalue weighted by Crippen LogP contribution is 2.19. The third kappa shape index (κ3) is 6.00. The summed E-state index contributed by atoms with van der Waals surface area (Å²) in [4.78, 5) is 27.0. The molecule has 0 bridgehead atoms. The molecule has 7 heteroatoms. The van der Waals surface area contributed by atoms with Gasteiger partial charge in [-0.05, 0) is 49.7 Å². The number of halogens is 1. The normalized spacial score (nSPS) is 11.9. The number of anilines is 1. The molecule has 0 spiro atoms. The number of nitrogens with zero attached hydrogens (tertiary/aromatic N) is 1. The number of carbonyl (C=O) groups excluding carboxylic acids is 2. The van der Waals surface area contributed by atoms with Gasteiger partial charge in [0.05, 0.1) is 13.6 Å². The van der Waals surface area contributed by atoms with Crippen LogP contribution in [0.5, 0.6) is 0 Å². The van der Waals surface area contributed by atoms with Gasteiger partial charge in [-0.1, -0.05) is 15.9 Å². The quantitative estimate of drug-likeness (QED) is 0.714. The summed E-state index contributed by atoms with van der Waals surface area (Å²) in [5, 5.41) is 2.89. The summed E-state index contributed by atoms with van der Waals surface area (Å²) in [6.45, 7) is 4.68. The monoisotopic (exact) mass is 422 g/mol. The first-order valence-corrected chi connectivity index (χ1v) is 9.20. The second-order valence-corrected chi connectivity index (χ2v) is 7.50. The van der Waals surface area contributed by atoms with E-state index in [2.05, 4.69) is 21.2 Å². The third-order valence-electron chi connectivity index (χ3n) is 3.99. The van der Waals surface area contributed by atoms with Gasteiger partial charge in [-0.2, -0.15) is 0 Å². The van der Waals surface area contributed by atoms with E-state index in [0.29, 0.717) is 6.54 Å². The SMILES string of the molecule is Cc1ccc(CN(C)C(=O)C[NH+](C)CC(=O)Nc2ccc(Br)cc2C)o1. The minimum atomic E-state index is -0.120. The maximum atomic E-state index is 12.3. The van der Waals surface area contributed by atoms with Gasteiger partial charge < -0.3 is 19.5 Å². The number of nitrogens with one attached hydrogen (secondary N) is 2. The lowest BCUT2D eigenvalue weighted by molar-refractivity contribution is -0.862. The van der Waals surface area contributed by atoms with E-state index in [1.807, 2.05) is 51.2 Å². The number of aryl methyl sites for hydroxylation is 2. The van der Waals surface area contributed by atoms with Crippen LogP contribution < -0.4 is 10.2 Å². The summed E-state index contributed by atoms with van der Waals surface area (Å²) in [5.74, 6) is 1.41. The zero-order valence-electron chi connectivity index (χ0n) is 15.6. The number of hydrogen-bond acceptors (Lipinski definition) is 3. The van der Waals surface area contributed by atoms with Crippen LogP contribution >= 0.6 is 15.9 Å². The molecule has 140 valence electrons. The molecule has 0 radical (unpaired) electrons. The average Bonchev–Trinajstić information content (AvgIpc) is 2.94. The Balaban J connectivity index is 1.81. The fourth-order valence-corrected chi connectivity index (χ4v) is 3.06. The van der Waals surface area contributed by atoms with Gasteiger partial charge in [-0.25, -0.2) is 0 Å². The van der Waals surface area contributed by atoms with Crippen molar-refractivity contribution < 1.29 is 18.9 Å². The van der Waals surface area contributed by atoms with Crippen LogP contribution in [-0.2, 0) is 16.1 Å². The highest BCUT2D eigenvalue weighted by Gasteiger charge is 2.18. The number of quaternary nitrogens is 1. The predicted molar refractivity (Wildman–Crippen MR) is 104 cm³/mol. The second-order valence-electron chi connectivity index (χ2n) is 6.58. The summed E-state index contributed by atoms with van der Waals surface area (Å²) >= 11 is 3.40. The molecule has 0 aliphatic carbocycles. The first-order valence-electron chi connectivity index (χ1n) is 8.41. The van der Waals surface area contributed by atoms with Crippen molar-refractivity contribution >= 4 is 33.4 Å². The van der Waals surface area contributed by atoms with Gasteiger partial charge in [0.25, 0.3) is 11.8 Å². The molecule has 0 saturated heterocycles. The van der Waals surface area contributed by atoms with E-state index in [-0.39, 0.29) is 24.9 Å². The summed E-state index contributed by atoms with van der Waals surface area (Å²) in [6.07, 6.45) is 0. The van der Waals surface area contributed by atoms with E-state index in [1.54, 1.807) is 11.9 Å². The molecule has 1 atom stereocenters. The number of carbonyl (C=O) groups is 2. The molecule has 6 nitrogen and oxygen atoms in total. The summed E-state index contributed by atoms with van der Waals surface area (Å²) in [6, 6.07) is 9.43. The summed E-state index contributed by atoms with van der Waals surface area (Å²) in [7, 11) is 3.57. The second kappa shape index (κ2) is 9.00. The lowest BCUT2D eigenvalue weighted by Crippen LogP contribution is -3.11. The van der Waals surface area contributed by atoms with Crippen molar-refractivity contribution in [1.82, 2.24) is 4.90 Å². The maximum absolute atomic E-state index is 12.3. The number of rotatable bonds is 7. The molecule has 2 amide bonds. The Bertz CT molecular complexity index is 788. The Labute approximate surface area is 162 Å². The molecule has 2 rings (SSSR count). The number of hydrogen-bond donors (Lipinski definition) is 2. The van der Waals surface area contributed by atoms with E-state index in [1.165, 1.54) is 0 Å². The lowest BCUT2D eigenvalue weighted by atomic mass is 10.2. The molecule has 0 fully saturated rings. The number of furan rings is 1. The first-order chi connectivity index (χ1) is 12.2. The molecule has 0 saturated carbocycles. The van der Waals surface area contributed by atoms with E-state index in [0.717, 1.165) is 32.1 Å². The highest BCUT2D eigenvalue weighted by molar-refractivity contribution is 9.10. The van der Waals surface area contributed by atoms with Crippen LogP contribution in [0.3, 0.4) is 0 Å². The van der Waals surface area contributed by atoms with Crippen molar-refractivity contribution in [2.75, 3.05) is 32.5 Å². The molecule has 1 unspecified atom stereocenters. The molecule has 0 aliphatic rings. The van der Waals surface area contributed by atoms with Crippen molar-refractivity contribution in [2.24, 2.45) is 0 Å². The molecular weight excluding hydrogens is 398 g/mol. The number of likely N-dealkylation sites (N-methyl/N-ethyl adjacent to an activating group) is 2. The molecule has 0 aliphatic heterocycles. The fourth-order valence-electron chi connectivity index (χ4n) is 2.58. The van der Waals surface area contributed by atoms with Crippen LogP contribution in [0.1, 0.15) is 17.1 Å². The topological polar surface area (TPSA) is 67.0 Å². The standard InChI is InChI=1S/C19H24BrN3O3/c1-13-9-15(20)6-8-17(13)21-18(24)11-22(3)12-19(25)23(4)10-16-7-5-14(2)26-16/h5-9H,10-12H2,1-4H3,(H,21,24)/p+1. The van der Waals surface area contributed by atoms with E-state index < -0.39 is 0 Å². The van der Waals surface area contributed by atoms with Crippen LogP contribution in [0.15, 0.2) is 39.2 Å². The summed E-state index contributed by atoms with van der Waals surface area (Å²) < 4.78 is 6.46. The lowest BCUT2D eigenvalue weighted by Gasteiger charge is -2.19. The number of amides is 2. The highest BCUT2D eigenvalue weighted by atomic mass is 79.9. The van der Waals surface area contributed by atoms with Crippen molar-refractivity contribution in [2.45, 2.75) is 20.4 Å². The van der Waals surface area contributed by atoms with Crippen molar-refractivity contribution in [3.8, 4) is 0 Å². The van der Waals surface area contributed by atoms with Gasteiger partial charge in [0.2, 0.25) is 0 Å². The average molecular weight is 423 g/mol. The van der Waals surface area contributed by atoms with Crippen LogP contribution in [0.25, 0.3) is 0 Å². The first kappa shape index (κ1) is 20.2. The van der Waals surface area contributed by atoms with Gasteiger partial charge in [-0.3, -0.25) is 9.59 Å². The molecule has 1 aromatic heterocycles. The Morgan fingerprint density at radius 1 is 1.19 bits per heavy atom. The van der Waals surface area contributed by atoms with E-state index in [9.17, 15) is 9.59 Å². The van der Waals surface area contributed by atoms with E-state index >= 15 is 0 Å². The minimum absolute atomic E-state index is 0.0378. The van der Waals surface area contributed by atoms with Crippen molar-refractivity contribution in [3.05, 3.63) is 51.9 Å². The van der Waals surface area contributed by atoms with Crippen LogP contribution in [0, 0.1) is 13.8 Å². The van der Waals surface area contributed by atoms with Gasteiger partial charge >= 0.3 is 0 Å². The third-order valence-corrected chi connectivity index (χ3v) is 4.49. The molecule has 2 aromatic rings. The molecule has 1 heterocycles. The zero-order chi connectivity index (χ0) is 19.3. The predicted octanol–water partition coefficient (Wildman–Crippen LogP) is 1.77. The van der Waals surface area contributed by atoms with Gasteiger partial charge in [0.15, 0.2) is 13.1 Å². The van der Waals surface area contributed by atoms with Crippen molar-refractivity contribution in [3.63, 3.8) is 0 Å². The van der Waals surface area contributed by atoms with Crippen LogP contribution in [0.4, 0.5) is 5.69 Å². The van der Waals surface area contributed by atoms with E-state index in [4.69, 9.17) is 4.42 Å². The molecule has 26 heavy (non-hydrogen) atoms. The molecular formula is C19H25BrN3O3+. The van der Waals surface area contributed by atoms with Gasteiger partial charge in [0.1, 0.15) is 11.5 Å². The van der Waals surface area contributed by atoms with Gasteiger partial charge in [-0.15, -0.1) is 0 Å². The fraction of sp³-hybridized carbons (Fsp3) is 0.368.